The highest BCUT2D eigenvalue weighted by molar-refractivity contribution is 6.05. The average molecular weight is 807 g/mol. The van der Waals surface area contributed by atoms with Crippen LogP contribution in [0.15, 0.2) is 48.5 Å². The summed E-state index contributed by atoms with van der Waals surface area (Å²) in [6.45, 7) is -1.94. The predicted octanol–water partition coefficient (Wildman–Crippen LogP) is -1.99. The fourth-order valence-corrected chi connectivity index (χ4v) is 7.15. The summed E-state index contributed by atoms with van der Waals surface area (Å²) in [7, 11) is 1.34. The van der Waals surface area contributed by atoms with E-state index in [0.29, 0.717) is 5.56 Å². The van der Waals surface area contributed by atoms with Crippen LogP contribution in [0.3, 0.4) is 0 Å². The largest absolute Gasteiger partial charge is 0.508 e. The summed E-state index contributed by atoms with van der Waals surface area (Å²) in [6, 6.07) is 10.9. The molecule has 0 spiro atoms. The highest BCUT2D eigenvalue weighted by atomic mass is 16.7. The number of phenolic OH excluding ortho intramolecular Hbond substituents is 3. The molecule has 3 aromatic carbocycles. The molecule has 7 rings (SSSR count). The van der Waals surface area contributed by atoms with Gasteiger partial charge in [-0.1, -0.05) is 12.1 Å². The number of methoxy groups -OCH3 is 1. The Bertz CT molecular complexity index is 1920. The Morgan fingerprint density at radius 1 is 0.632 bits per heavy atom. The molecule has 0 bridgehead atoms. The first-order valence-electron chi connectivity index (χ1n) is 17.7. The molecule has 4 aliphatic rings. The molecule has 57 heavy (non-hydrogen) atoms. The van der Waals surface area contributed by atoms with E-state index in [1.807, 2.05) is 0 Å². The van der Waals surface area contributed by atoms with Crippen molar-refractivity contribution in [1.82, 2.24) is 0 Å². The van der Waals surface area contributed by atoms with Gasteiger partial charge >= 0.3 is 0 Å². The molecule has 310 valence electrons. The Balaban J connectivity index is 1.11. The van der Waals surface area contributed by atoms with E-state index in [0.717, 1.165) is 12.1 Å². The molecule has 2 fully saturated rings. The standard InChI is InChI=1S/C37H42O20/c1-50-19-6-13(2-4-16(19)41)33-24(12-51-36-32(49)30(47)35(23(11-39)56-36)57-37-31(48)28(45)26(43)22(10-38)55-37)52-18-5-3-14(7-20(18)53-33)34-29(46)27(44)25-17(42)8-15(40)9-21(25)54-34/h2-9,22-24,26,28-43,45-49H,10-12H2,1H3/t22-,23-,24+,26-,28+,29+,30-,31-,32-,33+,34-,35-,36-,37-/m1/s1. The normalized spacial score (nSPS) is 34.9. The summed E-state index contributed by atoms with van der Waals surface area (Å²) in [5.41, 5.74) is 0.372. The zero-order chi connectivity index (χ0) is 40.9. The summed E-state index contributed by atoms with van der Waals surface area (Å²) >= 11 is 0. The Labute approximate surface area is 322 Å². The molecule has 0 unspecified atom stereocenters. The van der Waals surface area contributed by atoms with Crippen molar-refractivity contribution in [2.75, 3.05) is 26.9 Å². The number of hydrogen-bond donors (Lipinski definition) is 11. The smallest absolute Gasteiger partial charge is 0.202 e. The molecule has 20 heteroatoms. The fourth-order valence-electron chi connectivity index (χ4n) is 7.15. The number of ether oxygens (including phenoxy) is 8. The van der Waals surface area contributed by atoms with Crippen LogP contribution in [0.25, 0.3) is 0 Å². The van der Waals surface area contributed by atoms with E-state index in [1.54, 1.807) is 0 Å². The van der Waals surface area contributed by atoms with Crippen molar-refractivity contribution in [1.29, 1.82) is 0 Å². The SMILES string of the molecule is COc1cc([C@@H]2Oc3cc([C@H]4Oc5cc(O)cc(O)c5C(=O)[C@@H]4O)ccc3O[C@H]2CO[C@@H]2O[C@H](CO)[C@@H](O[C@H]3O[C@H](CO)[C@@H](O)[C@H](O)[C@H]3O)[C@H](O)[C@H]2O)ccc1O. The predicted molar refractivity (Wildman–Crippen MR) is 185 cm³/mol. The first-order chi connectivity index (χ1) is 27.2. The van der Waals surface area contributed by atoms with Crippen LogP contribution in [0.5, 0.6) is 40.2 Å². The van der Waals surface area contributed by atoms with E-state index < -0.39 is 117 Å². The van der Waals surface area contributed by atoms with Crippen molar-refractivity contribution in [2.24, 2.45) is 0 Å². The topological polar surface area (TPSA) is 313 Å². The van der Waals surface area contributed by atoms with Gasteiger partial charge in [0.1, 0.15) is 71.6 Å². The second-order valence-electron chi connectivity index (χ2n) is 13.9. The number of carbonyl (C=O) groups excluding carboxylic acids is 1. The quantitative estimate of drug-likeness (QED) is 0.106. The maximum absolute atomic E-state index is 13.1. The number of benzene rings is 3. The molecule has 0 saturated carbocycles. The van der Waals surface area contributed by atoms with Crippen LogP contribution in [0.2, 0.25) is 0 Å². The van der Waals surface area contributed by atoms with Crippen molar-refractivity contribution in [3.05, 3.63) is 65.2 Å². The van der Waals surface area contributed by atoms with Crippen molar-refractivity contribution >= 4 is 5.78 Å². The van der Waals surface area contributed by atoms with E-state index in [4.69, 9.17) is 37.9 Å². The monoisotopic (exact) mass is 806 g/mol. The minimum atomic E-state index is -1.85. The summed E-state index contributed by atoms with van der Waals surface area (Å²) in [5.74, 6) is -1.74. The van der Waals surface area contributed by atoms with Crippen LogP contribution in [0.1, 0.15) is 33.7 Å². The summed E-state index contributed by atoms with van der Waals surface area (Å²) in [5, 5.41) is 114. The lowest BCUT2D eigenvalue weighted by Crippen LogP contribution is -2.64. The summed E-state index contributed by atoms with van der Waals surface area (Å²) in [6.07, 6.45) is -21.8. The van der Waals surface area contributed by atoms with Crippen LogP contribution < -0.4 is 18.9 Å². The summed E-state index contributed by atoms with van der Waals surface area (Å²) < 4.78 is 46.4. The molecule has 0 radical (unpaired) electrons. The van der Waals surface area contributed by atoms with Gasteiger partial charge < -0.3 is 94.1 Å². The molecule has 11 N–H and O–H groups in total. The molecule has 20 nitrogen and oxygen atoms in total. The molecule has 0 amide bonds. The van der Waals surface area contributed by atoms with Gasteiger partial charge in [-0.05, 0) is 29.8 Å². The number of rotatable bonds is 10. The molecule has 2 saturated heterocycles. The van der Waals surface area contributed by atoms with Gasteiger partial charge in [-0.2, -0.15) is 0 Å². The minimum absolute atomic E-state index is 0.0862. The Hall–Kier alpha value is -4.55. The number of aliphatic hydroxyl groups is 8. The van der Waals surface area contributed by atoms with Gasteiger partial charge in [-0.3, -0.25) is 4.79 Å². The zero-order valence-corrected chi connectivity index (χ0v) is 29.9. The van der Waals surface area contributed by atoms with Gasteiger partial charge in [0.2, 0.25) is 5.78 Å². The number of fused-ring (bicyclic) bond motifs is 2. The van der Waals surface area contributed by atoms with Gasteiger partial charge in [0.15, 0.2) is 60.0 Å². The first kappa shape index (κ1) is 40.6. The molecule has 0 aliphatic carbocycles. The third-order valence-electron chi connectivity index (χ3n) is 10.2. The van der Waals surface area contributed by atoms with E-state index in [-0.39, 0.29) is 45.6 Å². The van der Waals surface area contributed by atoms with Crippen LogP contribution in [0, 0.1) is 0 Å². The Morgan fingerprint density at radius 3 is 2.02 bits per heavy atom. The van der Waals surface area contributed by atoms with Gasteiger partial charge in [0, 0.05) is 17.7 Å². The van der Waals surface area contributed by atoms with E-state index in [2.05, 4.69) is 0 Å². The number of aliphatic hydroxyl groups excluding tert-OH is 8. The number of Topliss-reactive ketones (excluding diaryl/α,β-unsaturated/α-hetero) is 1. The zero-order valence-electron chi connectivity index (χ0n) is 29.9. The van der Waals surface area contributed by atoms with Gasteiger partial charge in [0.05, 0.1) is 26.9 Å². The second kappa shape index (κ2) is 16.4. The third kappa shape index (κ3) is 7.63. The van der Waals surface area contributed by atoms with Crippen molar-refractivity contribution < 1.29 is 98.9 Å². The molecule has 4 heterocycles. The third-order valence-corrected chi connectivity index (χ3v) is 10.2. The molecule has 3 aromatic rings. The van der Waals surface area contributed by atoms with Crippen LogP contribution in [0.4, 0.5) is 0 Å². The molecule has 14 atom stereocenters. The number of hydrogen-bond acceptors (Lipinski definition) is 20. The highest BCUT2D eigenvalue weighted by Gasteiger charge is 2.51. The van der Waals surface area contributed by atoms with Gasteiger partial charge in [-0.15, -0.1) is 0 Å². The lowest BCUT2D eigenvalue weighted by molar-refractivity contribution is -0.360. The minimum Gasteiger partial charge on any atom is -0.508 e. The number of phenols is 3. The Morgan fingerprint density at radius 2 is 1.30 bits per heavy atom. The lowest BCUT2D eigenvalue weighted by Gasteiger charge is -2.46. The summed E-state index contributed by atoms with van der Waals surface area (Å²) in [4.78, 5) is 13.1. The van der Waals surface area contributed by atoms with Crippen molar-refractivity contribution in [3.8, 4) is 40.2 Å². The van der Waals surface area contributed by atoms with E-state index in [9.17, 15) is 61.0 Å². The Kier molecular flexibility index (Phi) is 11.7. The van der Waals surface area contributed by atoms with Gasteiger partial charge in [-0.25, -0.2) is 0 Å². The van der Waals surface area contributed by atoms with Crippen LogP contribution in [-0.2, 0) is 18.9 Å². The number of carbonyl (C=O) groups is 1. The maximum Gasteiger partial charge on any atom is 0.202 e. The molecular formula is C37H42O20. The van der Waals surface area contributed by atoms with Crippen molar-refractivity contribution in [3.63, 3.8) is 0 Å². The molecular weight excluding hydrogens is 764 g/mol. The lowest BCUT2D eigenvalue weighted by atomic mass is 9.92. The van der Waals surface area contributed by atoms with Gasteiger partial charge in [0.25, 0.3) is 0 Å². The fraction of sp³-hybridized carbons (Fsp3) is 0.486. The van der Waals surface area contributed by atoms with Crippen LogP contribution >= 0.6 is 0 Å². The number of ketones is 1. The van der Waals surface area contributed by atoms with Crippen LogP contribution in [-0.4, -0.2) is 163 Å². The van der Waals surface area contributed by atoms with E-state index >= 15 is 0 Å². The highest BCUT2D eigenvalue weighted by Crippen LogP contribution is 2.46. The number of aromatic hydroxyl groups is 3. The van der Waals surface area contributed by atoms with Crippen molar-refractivity contribution in [2.45, 2.75) is 85.8 Å². The maximum atomic E-state index is 13.1. The molecule has 4 aliphatic heterocycles. The first-order valence-corrected chi connectivity index (χ1v) is 17.7. The van der Waals surface area contributed by atoms with E-state index in [1.165, 1.54) is 43.5 Å². The molecule has 0 aromatic heterocycles. The average Bonchev–Trinajstić information content (AvgIpc) is 3.20. The second-order valence-corrected chi connectivity index (χ2v) is 13.9.